The van der Waals surface area contributed by atoms with Crippen LogP contribution in [-0.4, -0.2) is 50.3 Å². The summed E-state index contributed by atoms with van der Waals surface area (Å²) in [6, 6.07) is 23.5. The van der Waals surface area contributed by atoms with Gasteiger partial charge in [0, 0.05) is 33.3 Å². The van der Waals surface area contributed by atoms with Crippen LogP contribution in [0.3, 0.4) is 0 Å². The van der Waals surface area contributed by atoms with E-state index in [-0.39, 0.29) is 23.8 Å². The predicted octanol–water partition coefficient (Wildman–Crippen LogP) is 4.29. The maximum Gasteiger partial charge on any atom is 0.234 e. The molecule has 1 aliphatic heterocycles. The lowest BCUT2D eigenvalue weighted by atomic mass is 9.96. The summed E-state index contributed by atoms with van der Waals surface area (Å²) in [5.41, 5.74) is 3.79. The molecule has 0 spiro atoms. The summed E-state index contributed by atoms with van der Waals surface area (Å²) in [5.74, 6) is 0.329. The van der Waals surface area contributed by atoms with Gasteiger partial charge in [0.05, 0.1) is 35.5 Å². The summed E-state index contributed by atoms with van der Waals surface area (Å²) < 4.78 is 5.45. The van der Waals surface area contributed by atoms with Crippen LogP contribution in [0, 0.1) is 11.3 Å². The first-order valence-corrected chi connectivity index (χ1v) is 12.4. The van der Waals surface area contributed by atoms with Crippen molar-refractivity contribution in [3.05, 3.63) is 89.6 Å². The Labute approximate surface area is 213 Å². The highest BCUT2D eigenvalue weighted by atomic mass is 16.5. The van der Waals surface area contributed by atoms with Crippen LogP contribution in [0.15, 0.2) is 72.9 Å². The van der Waals surface area contributed by atoms with Crippen molar-refractivity contribution in [2.24, 2.45) is 0 Å². The lowest BCUT2D eigenvalue weighted by molar-refractivity contribution is -0.117. The van der Waals surface area contributed by atoms with E-state index < -0.39 is 0 Å². The van der Waals surface area contributed by atoms with Gasteiger partial charge in [-0.05, 0) is 47.7 Å². The molecule has 4 rings (SSSR count). The second-order valence-electron chi connectivity index (χ2n) is 9.24. The molecular weight excluding hydrogens is 450 g/mol. The zero-order chi connectivity index (χ0) is 25.3. The van der Waals surface area contributed by atoms with E-state index >= 15 is 0 Å². The van der Waals surface area contributed by atoms with E-state index in [9.17, 15) is 4.79 Å². The normalized spacial score (nSPS) is 16.8. The van der Waals surface area contributed by atoms with E-state index in [0.717, 1.165) is 36.3 Å². The number of hydrogen-bond donors (Lipinski definition) is 2. The van der Waals surface area contributed by atoms with Crippen LogP contribution >= 0.6 is 0 Å². The fourth-order valence-corrected chi connectivity index (χ4v) is 4.51. The van der Waals surface area contributed by atoms with Crippen LogP contribution in [0.4, 0.5) is 11.5 Å². The Morgan fingerprint density at radius 1 is 1.11 bits per heavy atom. The maximum atomic E-state index is 13.3. The molecule has 1 saturated heterocycles. The fourth-order valence-electron chi connectivity index (χ4n) is 4.51. The van der Waals surface area contributed by atoms with Gasteiger partial charge in [-0.1, -0.05) is 49.4 Å². The number of aromatic nitrogens is 1. The van der Waals surface area contributed by atoms with Crippen LogP contribution in [-0.2, 0) is 9.53 Å². The molecule has 1 fully saturated rings. The zero-order valence-corrected chi connectivity index (χ0v) is 20.9. The Hall–Kier alpha value is -3.73. The van der Waals surface area contributed by atoms with Gasteiger partial charge in [0.1, 0.15) is 5.82 Å². The average Bonchev–Trinajstić information content (AvgIpc) is 3.41. The van der Waals surface area contributed by atoms with Crippen molar-refractivity contribution in [1.29, 1.82) is 5.26 Å². The SMILES string of the molecule is CO[C@@H]1CCN(c2ccc(NC(=O)C(CNC[C@H](C)c3ccc(C#N)cc3)c3ccccc3)nc2)C1. The van der Waals surface area contributed by atoms with Gasteiger partial charge in [0.15, 0.2) is 0 Å². The van der Waals surface area contributed by atoms with Crippen LogP contribution in [0.25, 0.3) is 0 Å². The van der Waals surface area contributed by atoms with Gasteiger partial charge in [0.2, 0.25) is 5.91 Å². The number of nitrogens with one attached hydrogen (secondary N) is 2. The Morgan fingerprint density at radius 2 is 1.89 bits per heavy atom. The number of amides is 1. The number of pyridine rings is 1. The topological polar surface area (TPSA) is 90.3 Å². The Morgan fingerprint density at radius 3 is 2.53 bits per heavy atom. The summed E-state index contributed by atoms with van der Waals surface area (Å²) in [6.07, 6.45) is 3.07. The Kier molecular flexibility index (Phi) is 8.66. The largest absolute Gasteiger partial charge is 0.380 e. The molecule has 2 aromatic carbocycles. The summed E-state index contributed by atoms with van der Waals surface area (Å²) in [5, 5.41) is 15.5. The second-order valence-corrected chi connectivity index (χ2v) is 9.24. The molecule has 2 heterocycles. The van der Waals surface area contributed by atoms with Crippen molar-refractivity contribution in [3.63, 3.8) is 0 Å². The molecule has 1 amide bonds. The molecule has 0 saturated carbocycles. The summed E-state index contributed by atoms with van der Waals surface area (Å²) in [6.45, 7) is 5.14. The van der Waals surface area contributed by atoms with Crippen molar-refractivity contribution in [2.45, 2.75) is 31.3 Å². The summed E-state index contributed by atoms with van der Waals surface area (Å²) in [7, 11) is 1.75. The highest BCUT2D eigenvalue weighted by molar-refractivity contribution is 5.95. The number of nitrogens with zero attached hydrogens (tertiary/aromatic N) is 3. The molecule has 186 valence electrons. The molecule has 3 aromatic rings. The summed E-state index contributed by atoms with van der Waals surface area (Å²) in [4.78, 5) is 20.0. The van der Waals surface area contributed by atoms with Crippen LogP contribution in [0.2, 0.25) is 0 Å². The third-order valence-electron chi connectivity index (χ3n) is 6.77. The van der Waals surface area contributed by atoms with Crippen molar-refractivity contribution in [3.8, 4) is 6.07 Å². The molecular formula is C29H33N5O2. The van der Waals surface area contributed by atoms with Gasteiger partial charge in [-0.3, -0.25) is 4.79 Å². The van der Waals surface area contributed by atoms with E-state index in [1.54, 1.807) is 7.11 Å². The number of methoxy groups -OCH3 is 1. The quantitative estimate of drug-likeness (QED) is 0.447. The van der Waals surface area contributed by atoms with Crippen molar-refractivity contribution < 1.29 is 9.53 Å². The highest BCUT2D eigenvalue weighted by Crippen LogP contribution is 2.23. The number of rotatable bonds is 10. The molecule has 2 N–H and O–H groups in total. The average molecular weight is 484 g/mol. The van der Waals surface area contributed by atoms with Gasteiger partial charge in [-0.25, -0.2) is 4.98 Å². The standard InChI is InChI=1S/C29H33N5O2/c1-21(23-10-8-22(16-30)9-11-23)17-31-19-27(24-6-4-3-5-7-24)29(35)33-28-13-12-25(18-32-28)34-15-14-26(20-34)36-2/h3-13,18,21,26-27,31H,14-15,17,19-20H2,1-2H3,(H,32,33,35)/t21-,26+,27?/m0/s1. The third-order valence-corrected chi connectivity index (χ3v) is 6.77. The first-order chi connectivity index (χ1) is 17.6. The van der Waals surface area contributed by atoms with E-state index in [2.05, 4.69) is 33.5 Å². The summed E-state index contributed by atoms with van der Waals surface area (Å²) >= 11 is 0. The minimum Gasteiger partial charge on any atom is -0.380 e. The Bertz CT molecular complexity index is 1160. The van der Waals surface area contributed by atoms with Gasteiger partial charge in [-0.2, -0.15) is 5.26 Å². The second kappa shape index (κ2) is 12.3. The molecule has 1 unspecified atom stereocenters. The number of benzene rings is 2. The van der Waals surface area contributed by atoms with E-state index in [1.807, 2.05) is 72.9 Å². The molecule has 36 heavy (non-hydrogen) atoms. The first-order valence-electron chi connectivity index (χ1n) is 12.4. The molecule has 3 atom stereocenters. The lowest BCUT2D eigenvalue weighted by Crippen LogP contribution is -2.32. The van der Waals surface area contributed by atoms with Gasteiger partial charge in [-0.15, -0.1) is 0 Å². The molecule has 0 aliphatic carbocycles. The maximum absolute atomic E-state index is 13.3. The van der Waals surface area contributed by atoms with E-state index in [4.69, 9.17) is 10.00 Å². The third kappa shape index (κ3) is 6.48. The molecule has 1 aromatic heterocycles. The van der Waals surface area contributed by atoms with Crippen LogP contribution in [0.5, 0.6) is 0 Å². The monoisotopic (exact) mass is 483 g/mol. The zero-order valence-electron chi connectivity index (χ0n) is 20.9. The molecule has 1 aliphatic rings. The highest BCUT2D eigenvalue weighted by Gasteiger charge is 2.24. The number of ether oxygens (including phenoxy) is 1. The van der Waals surface area contributed by atoms with Crippen molar-refractivity contribution in [2.75, 3.05) is 43.5 Å². The van der Waals surface area contributed by atoms with Crippen LogP contribution in [0.1, 0.15) is 41.9 Å². The molecule has 0 bridgehead atoms. The van der Waals surface area contributed by atoms with Gasteiger partial charge < -0.3 is 20.3 Å². The minimum absolute atomic E-state index is 0.0967. The first kappa shape index (κ1) is 25.4. The lowest BCUT2D eigenvalue weighted by Gasteiger charge is -2.20. The Balaban J connectivity index is 1.37. The fraction of sp³-hybridized carbons (Fsp3) is 0.345. The number of hydrogen-bond acceptors (Lipinski definition) is 6. The van der Waals surface area contributed by atoms with Crippen LogP contribution < -0.4 is 15.5 Å². The van der Waals surface area contributed by atoms with Gasteiger partial charge >= 0.3 is 0 Å². The van der Waals surface area contributed by atoms with E-state index in [0.29, 0.717) is 24.5 Å². The number of carbonyl (C=O) groups excluding carboxylic acids is 1. The predicted molar refractivity (Wildman–Crippen MR) is 142 cm³/mol. The number of carbonyl (C=O) groups is 1. The molecule has 0 radical (unpaired) electrons. The smallest absolute Gasteiger partial charge is 0.234 e. The van der Waals surface area contributed by atoms with Gasteiger partial charge in [0.25, 0.3) is 0 Å². The van der Waals surface area contributed by atoms with Crippen molar-refractivity contribution in [1.82, 2.24) is 10.3 Å². The van der Waals surface area contributed by atoms with E-state index in [1.165, 1.54) is 0 Å². The van der Waals surface area contributed by atoms with Crippen molar-refractivity contribution >= 4 is 17.4 Å². The minimum atomic E-state index is -0.359. The number of anilines is 2. The molecule has 7 nitrogen and oxygen atoms in total. The number of nitriles is 1. The molecule has 7 heteroatoms.